The normalized spacial score (nSPS) is 24.7. The molecule has 27 heteroatoms. The summed E-state index contributed by atoms with van der Waals surface area (Å²) in [6, 6.07) is 7.56. The Morgan fingerprint density at radius 1 is 0.465 bits per heavy atom. The number of nitrogens with one attached hydrogen (secondary N) is 8. The van der Waals surface area contributed by atoms with Gasteiger partial charge in [-0.15, -0.1) is 0 Å². The summed E-state index contributed by atoms with van der Waals surface area (Å²) in [4.78, 5) is 149. The van der Waals surface area contributed by atoms with Crippen LogP contribution < -0.4 is 54.0 Å². The molecule has 4 aromatic carbocycles. The summed E-state index contributed by atoms with van der Waals surface area (Å²) in [5.74, 6) is -22.5. The van der Waals surface area contributed by atoms with Crippen molar-refractivity contribution in [3.05, 3.63) is 94.8 Å². The van der Waals surface area contributed by atoms with Crippen LogP contribution in [0.15, 0.2) is 54.6 Å². The van der Waals surface area contributed by atoms with Crippen LogP contribution in [0.1, 0.15) is 144 Å². The van der Waals surface area contributed by atoms with Gasteiger partial charge in [0.05, 0.1) is 11.8 Å². The number of benzene rings is 4. The van der Waals surface area contributed by atoms with Crippen LogP contribution in [0.4, 0.5) is 22.0 Å². The van der Waals surface area contributed by atoms with Crippen molar-refractivity contribution in [2.75, 3.05) is 39.3 Å². The molecule has 0 radical (unpaired) electrons. The zero-order chi connectivity index (χ0) is 72.5. The second-order valence-electron chi connectivity index (χ2n) is 28.1. The highest BCUT2D eigenvalue weighted by Gasteiger charge is 2.43. The summed E-state index contributed by atoms with van der Waals surface area (Å²) in [6.07, 6.45) is -0.107. The lowest BCUT2D eigenvalue weighted by molar-refractivity contribution is -0.142. The fourth-order valence-corrected chi connectivity index (χ4v) is 13.7. The molecule has 22 nitrogen and oxygen atoms in total. The van der Waals surface area contributed by atoms with Crippen molar-refractivity contribution < 1.29 is 69.9 Å². The third-order valence-corrected chi connectivity index (χ3v) is 18.9. The number of carbonyl (C=O) groups excluding carboxylic acids is 10. The maximum atomic E-state index is 15.6. The summed E-state index contributed by atoms with van der Waals surface area (Å²) in [5.41, 5.74) is 11.1. The Bertz CT molecular complexity index is 3550. The molecule has 3 aliphatic rings. The first-order valence-electron chi connectivity index (χ1n) is 34.8. The molecule has 7 rings (SSSR count). The van der Waals surface area contributed by atoms with Crippen molar-refractivity contribution in [2.45, 2.75) is 194 Å². The highest BCUT2D eigenvalue weighted by Crippen LogP contribution is 2.32. The topological polar surface area (TPSA) is 325 Å². The molecule has 0 bridgehead atoms. The maximum Gasteiger partial charge on any atom is 0.246 e. The second kappa shape index (κ2) is 36.1. The number of halogens is 5. The molecule has 3 aliphatic heterocycles. The van der Waals surface area contributed by atoms with Crippen LogP contribution >= 0.6 is 0 Å². The second-order valence-corrected chi connectivity index (χ2v) is 28.1. The van der Waals surface area contributed by atoms with E-state index in [0.717, 1.165) is 32.0 Å². The molecular formula is C72H99F5N12O10. The number of carbonyl (C=O) groups is 10. The smallest absolute Gasteiger partial charge is 0.246 e. The zero-order valence-electron chi connectivity index (χ0n) is 57.9. The maximum absolute atomic E-state index is 15.6. The van der Waals surface area contributed by atoms with E-state index in [2.05, 4.69) is 42.5 Å². The number of nitrogens with zero attached hydrogens (tertiary/aromatic N) is 2. The van der Waals surface area contributed by atoms with E-state index in [1.54, 1.807) is 27.7 Å². The fourth-order valence-electron chi connectivity index (χ4n) is 13.7. The van der Waals surface area contributed by atoms with Crippen molar-refractivity contribution in [1.29, 1.82) is 0 Å². The van der Waals surface area contributed by atoms with Gasteiger partial charge in [-0.3, -0.25) is 47.9 Å². The Morgan fingerprint density at radius 2 is 0.869 bits per heavy atom. The molecule has 0 saturated carbocycles. The molecule has 0 spiro atoms. The van der Waals surface area contributed by atoms with Crippen LogP contribution in [-0.4, -0.2) is 156 Å². The summed E-state index contributed by atoms with van der Waals surface area (Å²) in [7, 11) is 0. The standard InChI is InChI=1S/C72H99F5N12O10/c1-38(2)29-44-33-58(90)85-53(22-14-26-79)68(95)81-37-51(41(7)8)66(93)87-55(35-49-60(73)62(75)64(77)63(76)61(49)74)72(99)89-28-16-24-57(89)70(97)83-45(30-39(3)4)34-59(91)84-52(21-13-25-78)67(94)80-36-50(40(5)6)65(92)86-54(71(98)88-27-15-23-56(88)69(96)82-44)32-43-31-42-17-9-10-18-46(42)48-20-12-11-19-47(43)48/h9-12,17-20,31,38-41,44-45,50-57H,13-16,21-30,32-37,78-79H2,1-8H3,(H,80,94)(H,81,95)(H,82,96)(H,83,97)(H,84,91)(H,85,90)(H,86,92)(H,87,93)/t44-,45-,50-,51-,52+,53+,54+,55+,56-,57-/m0/s1. The van der Waals surface area contributed by atoms with E-state index < -0.39 is 179 Å². The predicted octanol–water partition coefficient (Wildman–Crippen LogP) is 5.51. The molecule has 3 fully saturated rings. The van der Waals surface area contributed by atoms with Crippen LogP contribution in [0.5, 0.6) is 0 Å². The molecule has 10 atom stereocenters. The third-order valence-electron chi connectivity index (χ3n) is 18.9. The number of amides is 10. The molecule has 4 aromatic rings. The molecule has 12 N–H and O–H groups in total. The van der Waals surface area contributed by atoms with Crippen molar-refractivity contribution in [3.63, 3.8) is 0 Å². The van der Waals surface area contributed by atoms with Gasteiger partial charge in [0.25, 0.3) is 0 Å². The minimum atomic E-state index is -2.46. The predicted molar refractivity (Wildman–Crippen MR) is 364 cm³/mol. The molecular weight excluding hydrogens is 1290 g/mol. The van der Waals surface area contributed by atoms with E-state index in [-0.39, 0.29) is 122 Å². The lowest BCUT2D eigenvalue weighted by Crippen LogP contribution is -2.57. The molecule has 0 unspecified atom stereocenters. The van der Waals surface area contributed by atoms with Gasteiger partial charge in [0.15, 0.2) is 23.3 Å². The first-order valence-corrected chi connectivity index (χ1v) is 34.8. The average Bonchev–Trinajstić information content (AvgIpc) is 0.869. The van der Waals surface area contributed by atoms with Crippen LogP contribution in [0.2, 0.25) is 0 Å². The monoisotopic (exact) mass is 1390 g/mol. The molecule has 99 heavy (non-hydrogen) atoms. The number of hydrogen-bond acceptors (Lipinski definition) is 12. The fraction of sp³-hybridized carbons (Fsp3) is 0.583. The van der Waals surface area contributed by atoms with Gasteiger partial charge in [0.2, 0.25) is 64.9 Å². The molecule has 542 valence electrons. The Balaban J connectivity index is 1.26. The van der Waals surface area contributed by atoms with Crippen molar-refractivity contribution >= 4 is 80.6 Å². The minimum absolute atomic E-state index is 0.00273. The quantitative estimate of drug-likeness (QED) is 0.0288. The van der Waals surface area contributed by atoms with E-state index in [1.807, 2.05) is 82.3 Å². The summed E-state index contributed by atoms with van der Waals surface area (Å²) >= 11 is 0. The van der Waals surface area contributed by atoms with Gasteiger partial charge in [-0.25, -0.2) is 22.0 Å². The van der Waals surface area contributed by atoms with Crippen molar-refractivity contribution in [1.82, 2.24) is 52.3 Å². The van der Waals surface area contributed by atoms with Crippen LogP contribution in [0.25, 0.3) is 21.5 Å². The molecule has 10 amide bonds. The summed E-state index contributed by atoms with van der Waals surface area (Å²) < 4.78 is 75.2. The SMILES string of the molecule is CC(C)C[C@H]1CC(=O)N[C@H](CCCN)C(=O)NC[C@@H](C(C)C)C(=O)N[C@H](Cc2cc3ccccc3c3ccccc23)C(=O)N2CCC[C@H]2C(=O)N[C@@H](CC(C)C)CC(=O)N[C@H](CCCN)C(=O)NC[C@@H](C(C)C)C(=O)N[C@H](Cc2c(F)c(F)c(F)c(F)c2F)C(=O)N2CCC[C@H]2C(=O)N1. The van der Waals surface area contributed by atoms with E-state index in [4.69, 9.17) is 11.5 Å². The first-order chi connectivity index (χ1) is 47.0. The Morgan fingerprint density at radius 3 is 1.29 bits per heavy atom. The minimum Gasteiger partial charge on any atom is -0.354 e. The van der Waals surface area contributed by atoms with Gasteiger partial charge in [-0.05, 0) is 128 Å². The lowest BCUT2D eigenvalue weighted by atomic mass is 9.91. The van der Waals surface area contributed by atoms with Crippen LogP contribution in [0, 0.1) is 64.6 Å². The highest BCUT2D eigenvalue weighted by molar-refractivity contribution is 6.09. The Hall–Kier alpha value is -8.33. The van der Waals surface area contributed by atoms with Gasteiger partial charge in [-0.1, -0.05) is 110 Å². The van der Waals surface area contributed by atoms with E-state index in [1.165, 1.54) is 4.90 Å². The number of nitrogens with two attached hydrogens (primary N) is 2. The van der Waals surface area contributed by atoms with Crippen LogP contribution in [-0.2, 0) is 60.8 Å². The van der Waals surface area contributed by atoms with Crippen molar-refractivity contribution in [3.8, 4) is 0 Å². The van der Waals surface area contributed by atoms with Gasteiger partial charge in [0.1, 0.15) is 36.3 Å². The molecule has 3 heterocycles. The van der Waals surface area contributed by atoms with E-state index in [0.29, 0.717) is 6.42 Å². The average molecular weight is 1390 g/mol. The third kappa shape index (κ3) is 20.4. The number of hydrogen-bond donors (Lipinski definition) is 10. The molecule has 0 aliphatic carbocycles. The van der Waals surface area contributed by atoms with Gasteiger partial charge < -0.3 is 63.8 Å². The largest absolute Gasteiger partial charge is 0.354 e. The number of rotatable bonds is 16. The summed E-state index contributed by atoms with van der Waals surface area (Å²) in [6.45, 7) is 13.7. The Kier molecular flexibility index (Phi) is 28.5. The Labute approximate surface area is 575 Å². The van der Waals surface area contributed by atoms with Gasteiger partial charge >= 0.3 is 0 Å². The molecule has 3 saturated heterocycles. The van der Waals surface area contributed by atoms with Gasteiger partial charge in [-0.2, -0.15) is 0 Å². The zero-order valence-corrected chi connectivity index (χ0v) is 57.9. The highest BCUT2D eigenvalue weighted by atomic mass is 19.2. The summed E-state index contributed by atoms with van der Waals surface area (Å²) in [5, 5.41) is 26.0. The number of fused-ring (bicyclic) bond motifs is 5. The van der Waals surface area contributed by atoms with Gasteiger partial charge in [0, 0.05) is 69.5 Å². The van der Waals surface area contributed by atoms with E-state index in [9.17, 15) is 56.3 Å². The van der Waals surface area contributed by atoms with Crippen molar-refractivity contribution in [2.24, 2.45) is 47.0 Å². The first kappa shape index (κ1) is 78.0. The van der Waals surface area contributed by atoms with E-state index >= 15 is 13.6 Å². The molecule has 0 aromatic heterocycles. The van der Waals surface area contributed by atoms with Crippen LogP contribution in [0.3, 0.4) is 0 Å². The lowest BCUT2D eigenvalue weighted by Gasteiger charge is -2.32.